The van der Waals surface area contributed by atoms with E-state index in [1.807, 2.05) is 45.0 Å². The van der Waals surface area contributed by atoms with Gasteiger partial charge in [0.25, 0.3) is 0 Å². The molecule has 134 valence electrons. The Kier molecular flexibility index (Phi) is 6.61. The molecule has 0 unspecified atom stereocenters. The van der Waals surface area contributed by atoms with E-state index in [2.05, 4.69) is 34.3 Å². The highest BCUT2D eigenvalue weighted by Crippen LogP contribution is 2.27. The van der Waals surface area contributed by atoms with Crippen molar-refractivity contribution in [3.8, 4) is 0 Å². The van der Waals surface area contributed by atoms with Gasteiger partial charge in [-0.3, -0.25) is 5.32 Å². The highest BCUT2D eigenvalue weighted by atomic mass is 32.2. The van der Waals surface area contributed by atoms with Crippen LogP contribution in [0.1, 0.15) is 45.2 Å². The van der Waals surface area contributed by atoms with Crippen molar-refractivity contribution in [1.29, 1.82) is 0 Å². The summed E-state index contributed by atoms with van der Waals surface area (Å²) in [5, 5.41) is 14.3. The Bertz CT molecular complexity index is 755. The monoisotopic (exact) mass is 376 g/mol. The van der Waals surface area contributed by atoms with Gasteiger partial charge in [0.1, 0.15) is 0 Å². The van der Waals surface area contributed by atoms with E-state index in [4.69, 9.17) is 0 Å². The second-order valence-electron chi connectivity index (χ2n) is 6.29. The number of nitrogens with zero attached hydrogens (tertiary/aromatic N) is 2. The van der Waals surface area contributed by atoms with E-state index in [-0.39, 0.29) is 6.03 Å². The summed E-state index contributed by atoms with van der Waals surface area (Å²) in [4.78, 5) is 12.3. The number of urea groups is 1. The van der Waals surface area contributed by atoms with Crippen molar-refractivity contribution in [3.05, 3.63) is 42.0 Å². The molecule has 2 amide bonds. The van der Waals surface area contributed by atoms with Crippen LogP contribution in [0.4, 0.5) is 9.93 Å². The van der Waals surface area contributed by atoms with Gasteiger partial charge in [0.2, 0.25) is 5.13 Å². The Hall–Kier alpha value is -1.86. The lowest BCUT2D eigenvalue weighted by Gasteiger charge is -2.27. The van der Waals surface area contributed by atoms with Crippen LogP contribution in [0.3, 0.4) is 0 Å². The number of aromatic nitrogens is 2. The number of nitrogens with one attached hydrogen (secondary N) is 2. The van der Waals surface area contributed by atoms with E-state index in [0.29, 0.717) is 5.13 Å². The van der Waals surface area contributed by atoms with E-state index in [9.17, 15) is 4.79 Å². The maximum atomic E-state index is 12.3. The molecule has 25 heavy (non-hydrogen) atoms. The lowest BCUT2D eigenvalue weighted by atomic mass is 9.92. The molecular weight excluding hydrogens is 352 g/mol. The number of benzene rings is 1. The molecule has 0 aliphatic rings. The molecule has 0 saturated carbocycles. The average Bonchev–Trinajstić information content (AvgIpc) is 2.99. The van der Waals surface area contributed by atoms with Gasteiger partial charge < -0.3 is 5.32 Å². The number of amides is 2. The largest absolute Gasteiger partial charge is 0.329 e. The number of anilines is 1. The first-order valence-electron chi connectivity index (χ1n) is 8.13. The quantitative estimate of drug-likeness (QED) is 0.519. The summed E-state index contributed by atoms with van der Waals surface area (Å²) in [7, 11) is 0. The Morgan fingerprint density at radius 2 is 2.12 bits per heavy atom. The van der Waals surface area contributed by atoms with Crippen LogP contribution < -0.4 is 10.6 Å². The van der Waals surface area contributed by atoms with Gasteiger partial charge in [-0.15, -0.1) is 10.2 Å². The van der Waals surface area contributed by atoms with Crippen LogP contribution in [-0.4, -0.2) is 22.0 Å². The zero-order chi connectivity index (χ0) is 18.4. The highest BCUT2D eigenvalue weighted by Gasteiger charge is 2.23. The number of rotatable bonds is 7. The van der Waals surface area contributed by atoms with Crippen LogP contribution in [0, 0.1) is 0 Å². The number of carbonyl (C=O) groups excluding carboxylic acids is 1. The molecular formula is C18H24N4OS2. The second-order valence-corrected chi connectivity index (χ2v) is 8.61. The van der Waals surface area contributed by atoms with Crippen LogP contribution in [0.5, 0.6) is 0 Å². The Morgan fingerprint density at radius 3 is 2.80 bits per heavy atom. The standard InChI is InChI=1S/C18H24N4OS2/c1-6-10-24-17-22-21-16(25-17)19-15(23)20-18(4,5)14-9-7-8-13(11-14)12(2)3/h7-9,11H,2,6,10H2,1,3-5H3,(H2,19,20,21,23). The molecule has 0 fully saturated rings. The zero-order valence-electron chi connectivity index (χ0n) is 15.0. The summed E-state index contributed by atoms with van der Waals surface area (Å²) in [5.41, 5.74) is 2.54. The van der Waals surface area contributed by atoms with Gasteiger partial charge in [0.15, 0.2) is 4.34 Å². The predicted molar refractivity (Wildman–Crippen MR) is 107 cm³/mol. The Balaban J connectivity index is 2.02. The number of hydrogen-bond donors (Lipinski definition) is 2. The van der Waals surface area contributed by atoms with Crippen molar-refractivity contribution in [1.82, 2.24) is 15.5 Å². The van der Waals surface area contributed by atoms with Crippen LogP contribution >= 0.6 is 23.1 Å². The molecule has 1 aromatic carbocycles. The smallest absolute Gasteiger partial charge is 0.321 e. The molecule has 7 heteroatoms. The predicted octanol–water partition coefficient (Wildman–Crippen LogP) is 5.13. The van der Waals surface area contributed by atoms with Gasteiger partial charge in [-0.25, -0.2) is 4.79 Å². The summed E-state index contributed by atoms with van der Waals surface area (Å²) in [6.45, 7) is 12.0. The van der Waals surface area contributed by atoms with Crippen LogP contribution in [0.15, 0.2) is 35.2 Å². The molecule has 0 aliphatic carbocycles. The van der Waals surface area contributed by atoms with Crippen LogP contribution in [0.2, 0.25) is 0 Å². The lowest BCUT2D eigenvalue weighted by Crippen LogP contribution is -2.43. The summed E-state index contributed by atoms with van der Waals surface area (Å²) in [5.74, 6) is 0.993. The van der Waals surface area contributed by atoms with Crippen molar-refractivity contribution in [2.75, 3.05) is 11.1 Å². The normalized spacial score (nSPS) is 11.2. The average molecular weight is 377 g/mol. The molecule has 2 rings (SSSR count). The number of thioether (sulfide) groups is 1. The van der Waals surface area contributed by atoms with Gasteiger partial charge in [0.05, 0.1) is 5.54 Å². The Labute approximate surface area is 157 Å². The van der Waals surface area contributed by atoms with Crippen LogP contribution in [0.25, 0.3) is 5.57 Å². The van der Waals surface area contributed by atoms with E-state index in [1.54, 1.807) is 11.8 Å². The van der Waals surface area contributed by atoms with E-state index in [1.165, 1.54) is 11.3 Å². The zero-order valence-corrected chi connectivity index (χ0v) is 16.7. The van der Waals surface area contributed by atoms with Crippen molar-refractivity contribution in [2.24, 2.45) is 0 Å². The first kappa shape index (κ1) is 19.5. The molecule has 2 aromatic rings. The van der Waals surface area contributed by atoms with Crippen molar-refractivity contribution in [3.63, 3.8) is 0 Å². The third-order valence-electron chi connectivity index (χ3n) is 3.56. The van der Waals surface area contributed by atoms with Gasteiger partial charge >= 0.3 is 6.03 Å². The maximum Gasteiger partial charge on any atom is 0.321 e. The second kappa shape index (κ2) is 8.49. The fraction of sp³-hybridized carbons (Fsp3) is 0.389. The fourth-order valence-corrected chi connectivity index (χ4v) is 3.84. The molecule has 0 bridgehead atoms. The Morgan fingerprint density at radius 1 is 1.36 bits per heavy atom. The minimum absolute atomic E-state index is 0.297. The molecule has 1 aromatic heterocycles. The summed E-state index contributed by atoms with van der Waals surface area (Å²) < 4.78 is 0.866. The van der Waals surface area contributed by atoms with Crippen molar-refractivity contribution in [2.45, 2.75) is 44.0 Å². The third kappa shape index (κ3) is 5.57. The molecule has 0 radical (unpaired) electrons. The lowest BCUT2D eigenvalue weighted by molar-refractivity contribution is 0.242. The maximum absolute atomic E-state index is 12.3. The van der Waals surface area contributed by atoms with Gasteiger partial charge in [-0.2, -0.15) is 0 Å². The number of allylic oxidation sites excluding steroid dienone is 1. The molecule has 5 nitrogen and oxygen atoms in total. The first-order valence-corrected chi connectivity index (χ1v) is 9.94. The summed E-state index contributed by atoms with van der Waals surface area (Å²) in [6.07, 6.45) is 1.07. The van der Waals surface area contributed by atoms with Gasteiger partial charge in [-0.1, -0.05) is 60.4 Å². The molecule has 1 heterocycles. The molecule has 2 N–H and O–H groups in total. The highest BCUT2D eigenvalue weighted by molar-refractivity contribution is 8.01. The number of hydrogen-bond acceptors (Lipinski definition) is 5. The topological polar surface area (TPSA) is 66.9 Å². The first-order chi connectivity index (χ1) is 11.8. The third-order valence-corrected chi connectivity index (χ3v) is 5.74. The minimum Gasteiger partial charge on any atom is -0.329 e. The van der Waals surface area contributed by atoms with Crippen LogP contribution in [-0.2, 0) is 5.54 Å². The summed E-state index contributed by atoms with van der Waals surface area (Å²) in [6, 6.07) is 7.74. The van der Waals surface area contributed by atoms with E-state index < -0.39 is 5.54 Å². The molecule has 0 saturated heterocycles. The van der Waals surface area contributed by atoms with E-state index >= 15 is 0 Å². The molecule has 0 atom stereocenters. The van der Waals surface area contributed by atoms with Gasteiger partial charge in [0, 0.05) is 5.75 Å². The van der Waals surface area contributed by atoms with Gasteiger partial charge in [-0.05, 0) is 44.4 Å². The number of carbonyl (C=O) groups is 1. The van der Waals surface area contributed by atoms with E-state index in [0.717, 1.165) is 33.2 Å². The molecule has 0 aliphatic heterocycles. The SMILES string of the molecule is C=C(C)c1cccc(C(C)(C)NC(=O)Nc2nnc(SCCC)s2)c1. The minimum atomic E-state index is -0.528. The molecule has 0 spiro atoms. The van der Waals surface area contributed by atoms with Crippen molar-refractivity contribution < 1.29 is 4.79 Å². The fourth-order valence-electron chi connectivity index (χ4n) is 2.17. The summed E-state index contributed by atoms with van der Waals surface area (Å²) >= 11 is 3.03. The van der Waals surface area contributed by atoms with Crippen molar-refractivity contribution >= 4 is 39.8 Å².